The Kier molecular flexibility index (Phi) is 9.11. The molecule has 2 N–H and O–H groups in total. The number of benzene rings is 3. The predicted molar refractivity (Wildman–Crippen MR) is 169 cm³/mol. The molecule has 2 aliphatic rings. The number of aromatic nitrogens is 1. The number of anilines is 1. The van der Waals surface area contributed by atoms with Crippen molar-refractivity contribution in [2.45, 2.75) is 44.2 Å². The van der Waals surface area contributed by atoms with Gasteiger partial charge in [0.2, 0.25) is 5.91 Å². The van der Waals surface area contributed by atoms with Gasteiger partial charge < -0.3 is 29.6 Å². The minimum atomic E-state index is -0.689. The van der Waals surface area contributed by atoms with E-state index in [0.29, 0.717) is 53.1 Å². The molecule has 0 spiro atoms. The van der Waals surface area contributed by atoms with E-state index >= 15 is 4.39 Å². The van der Waals surface area contributed by atoms with Crippen LogP contribution in [0.2, 0.25) is 0 Å². The molecule has 0 aliphatic carbocycles. The highest BCUT2D eigenvalue weighted by molar-refractivity contribution is 7.13. The summed E-state index contributed by atoms with van der Waals surface area (Å²) in [7, 11) is 1.31. The van der Waals surface area contributed by atoms with Gasteiger partial charge in [0.1, 0.15) is 18.2 Å². The van der Waals surface area contributed by atoms with Gasteiger partial charge in [-0.15, -0.1) is 11.3 Å². The minimum absolute atomic E-state index is 0.00216. The predicted octanol–water partition coefficient (Wildman–Crippen LogP) is 6.48. The first-order chi connectivity index (χ1) is 21.8. The Morgan fingerprint density at radius 1 is 1.16 bits per heavy atom. The standard InChI is InChI=1S/C34H34FN3O6S/c1-34(19-31(39)38-33-36-13-15-45-33)27-18-30(29(16-23(27)11-12-37-34)43-20-25-4-3-14-42-25)44-24-9-10-26(28(35)17-24)21-5-7-22(8-6-21)32(40)41-2/h5-10,13,15-18,25,37H,3-4,11-12,14,19-20H2,1-2H3,(H,36,38,39)/t25?,34-/m1/s1. The van der Waals surface area contributed by atoms with Crippen molar-refractivity contribution in [2.75, 3.05) is 32.2 Å². The Morgan fingerprint density at radius 3 is 2.71 bits per heavy atom. The Bertz CT molecular complexity index is 1670. The first-order valence-corrected chi connectivity index (χ1v) is 15.7. The molecule has 2 aliphatic heterocycles. The molecule has 0 radical (unpaired) electrons. The molecule has 0 saturated carbocycles. The van der Waals surface area contributed by atoms with Crippen LogP contribution in [-0.2, 0) is 26.2 Å². The second-order valence-corrected chi connectivity index (χ2v) is 12.2. The van der Waals surface area contributed by atoms with Crippen molar-refractivity contribution in [1.82, 2.24) is 10.3 Å². The number of amides is 1. The van der Waals surface area contributed by atoms with E-state index in [1.807, 2.05) is 24.4 Å². The third kappa shape index (κ3) is 7.00. The number of nitrogens with zero attached hydrogens (tertiary/aromatic N) is 1. The zero-order valence-electron chi connectivity index (χ0n) is 25.1. The van der Waals surface area contributed by atoms with Crippen LogP contribution in [0.1, 0.15) is 47.7 Å². The van der Waals surface area contributed by atoms with Gasteiger partial charge in [0.05, 0.1) is 18.8 Å². The number of esters is 1. The van der Waals surface area contributed by atoms with Crippen LogP contribution in [0.3, 0.4) is 0 Å². The van der Waals surface area contributed by atoms with Crippen molar-refractivity contribution in [3.8, 4) is 28.4 Å². The van der Waals surface area contributed by atoms with Crippen molar-refractivity contribution in [1.29, 1.82) is 0 Å². The van der Waals surface area contributed by atoms with Crippen molar-refractivity contribution in [2.24, 2.45) is 0 Å². The van der Waals surface area contributed by atoms with Crippen LogP contribution >= 0.6 is 11.3 Å². The number of carbonyl (C=O) groups excluding carboxylic acids is 2. The fraction of sp³-hybridized carbons (Fsp3) is 0.324. The number of nitrogens with one attached hydrogen (secondary N) is 2. The van der Waals surface area contributed by atoms with E-state index < -0.39 is 17.3 Å². The number of rotatable bonds is 10. The maximum Gasteiger partial charge on any atom is 0.337 e. The summed E-state index contributed by atoms with van der Waals surface area (Å²) in [5.41, 5.74) is 2.62. The Balaban J connectivity index is 1.28. The quantitative estimate of drug-likeness (QED) is 0.192. The molecule has 1 aromatic heterocycles. The Labute approximate surface area is 264 Å². The van der Waals surface area contributed by atoms with Crippen LogP contribution in [0.4, 0.5) is 9.52 Å². The number of fused-ring (bicyclic) bond motifs is 1. The lowest BCUT2D eigenvalue weighted by atomic mass is 9.81. The lowest BCUT2D eigenvalue weighted by Gasteiger charge is -2.37. The van der Waals surface area contributed by atoms with E-state index in [2.05, 4.69) is 15.6 Å². The number of carbonyl (C=O) groups is 2. The van der Waals surface area contributed by atoms with Gasteiger partial charge in [-0.2, -0.15) is 0 Å². The van der Waals surface area contributed by atoms with Crippen molar-refractivity contribution in [3.05, 3.63) is 88.7 Å². The summed E-state index contributed by atoms with van der Waals surface area (Å²) in [5, 5.41) is 8.75. The minimum Gasteiger partial charge on any atom is -0.487 e. The highest BCUT2D eigenvalue weighted by Crippen LogP contribution is 2.42. The van der Waals surface area contributed by atoms with Gasteiger partial charge >= 0.3 is 5.97 Å². The van der Waals surface area contributed by atoms with E-state index in [0.717, 1.165) is 30.4 Å². The molecule has 1 amide bonds. The van der Waals surface area contributed by atoms with Gasteiger partial charge in [-0.3, -0.25) is 4.79 Å². The molecule has 234 valence electrons. The number of methoxy groups -OCH3 is 1. The largest absolute Gasteiger partial charge is 0.487 e. The number of ether oxygens (including phenoxy) is 4. The zero-order chi connectivity index (χ0) is 31.4. The monoisotopic (exact) mass is 631 g/mol. The molecule has 1 saturated heterocycles. The van der Waals surface area contributed by atoms with E-state index in [9.17, 15) is 9.59 Å². The third-order valence-corrected chi connectivity index (χ3v) is 8.79. The number of hydrogen-bond donors (Lipinski definition) is 2. The van der Waals surface area contributed by atoms with Gasteiger partial charge in [-0.25, -0.2) is 14.2 Å². The SMILES string of the molecule is COC(=O)c1ccc(-c2ccc(Oc3cc4c(cc3OCC3CCCO3)CCN[C@]4(C)CC(=O)Nc3nccs3)cc2F)cc1. The Morgan fingerprint density at radius 2 is 2.00 bits per heavy atom. The average molecular weight is 632 g/mol. The summed E-state index contributed by atoms with van der Waals surface area (Å²) in [4.78, 5) is 29.0. The molecule has 3 aromatic carbocycles. The van der Waals surface area contributed by atoms with Crippen LogP contribution in [0.5, 0.6) is 17.2 Å². The second kappa shape index (κ2) is 13.4. The summed E-state index contributed by atoms with van der Waals surface area (Å²) in [5.74, 6) is 0.131. The smallest absolute Gasteiger partial charge is 0.337 e. The molecule has 2 atom stereocenters. The number of hydrogen-bond acceptors (Lipinski definition) is 9. The highest BCUT2D eigenvalue weighted by atomic mass is 32.1. The van der Waals surface area contributed by atoms with E-state index in [1.165, 1.54) is 24.5 Å². The maximum atomic E-state index is 15.4. The molecule has 0 bridgehead atoms. The molecule has 45 heavy (non-hydrogen) atoms. The van der Waals surface area contributed by atoms with Gasteiger partial charge in [0, 0.05) is 48.3 Å². The average Bonchev–Trinajstić information content (AvgIpc) is 3.75. The second-order valence-electron chi connectivity index (χ2n) is 11.3. The van der Waals surface area contributed by atoms with Crippen molar-refractivity contribution >= 4 is 28.3 Å². The molecular formula is C34H34FN3O6S. The van der Waals surface area contributed by atoms with E-state index in [1.54, 1.807) is 42.6 Å². The van der Waals surface area contributed by atoms with Crippen LogP contribution in [-0.4, -0.2) is 49.8 Å². The normalized spacial score (nSPS) is 19.0. The molecular weight excluding hydrogens is 597 g/mol. The van der Waals surface area contributed by atoms with Crippen molar-refractivity contribution < 1.29 is 32.9 Å². The van der Waals surface area contributed by atoms with E-state index in [4.69, 9.17) is 18.9 Å². The molecule has 4 aromatic rings. The summed E-state index contributed by atoms with van der Waals surface area (Å²) < 4.78 is 38.5. The maximum absolute atomic E-state index is 15.4. The fourth-order valence-electron chi connectivity index (χ4n) is 5.79. The topological polar surface area (TPSA) is 108 Å². The summed E-state index contributed by atoms with van der Waals surface area (Å²) in [6.07, 6.45) is 4.48. The molecule has 6 rings (SSSR count). The highest BCUT2D eigenvalue weighted by Gasteiger charge is 2.36. The lowest BCUT2D eigenvalue weighted by Crippen LogP contribution is -2.47. The molecule has 3 heterocycles. The lowest BCUT2D eigenvalue weighted by molar-refractivity contribution is -0.117. The van der Waals surface area contributed by atoms with Crippen LogP contribution in [0.25, 0.3) is 11.1 Å². The summed E-state index contributed by atoms with van der Waals surface area (Å²) in [6, 6.07) is 15.0. The Hall–Kier alpha value is -4.32. The first-order valence-electron chi connectivity index (χ1n) is 14.8. The van der Waals surface area contributed by atoms with E-state index in [-0.39, 0.29) is 24.2 Å². The molecule has 1 unspecified atom stereocenters. The third-order valence-electron chi connectivity index (χ3n) is 8.10. The summed E-state index contributed by atoms with van der Waals surface area (Å²) in [6.45, 7) is 3.76. The van der Waals surface area contributed by atoms with Crippen LogP contribution in [0, 0.1) is 5.82 Å². The van der Waals surface area contributed by atoms with Gasteiger partial charge in [-0.05, 0) is 79.3 Å². The molecule has 9 nitrogen and oxygen atoms in total. The summed E-state index contributed by atoms with van der Waals surface area (Å²) >= 11 is 1.36. The number of thiazole rings is 1. The molecule has 1 fully saturated rings. The fourth-order valence-corrected chi connectivity index (χ4v) is 6.34. The van der Waals surface area contributed by atoms with Gasteiger partial charge in [-0.1, -0.05) is 12.1 Å². The number of halogens is 1. The van der Waals surface area contributed by atoms with Crippen LogP contribution < -0.4 is 20.1 Å². The van der Waals surface area contributed by atoms with Crippen LogP contribution in [0.15, 0.2) is 66.2 Å². The van der Waals surface area contributed by atoms with Gasteiger partial charge in [0.25, 0.3) is 0 Å². The zero-order valence-corrected chi connectivity index (χ0v) is 25.9. The molecule has 11 heteroatoms. The van der Waals surface area contributed by atoms with Crippen molar-refractivity contribution in [3.63, 3.8) is 0 Å². The van der Waals surface area contributed by atoms with Gasteiger partial charge in [0.15, 0.2) is 16.6 Å². The first kappa shape index (κ1) is 30.7.